The van der Waals surface area contributed by atoms with Crippen molar-refractivity contribution in [3.05, 3.63) is 12.5 Å². The van der Waals surface area contributed by atoms with E-state index in [1.165, 1.54) is 0 Å². The van der Waals surface area contributed by atoms with Crippen LogP contribution < -0.4 is 0 Å². The third-order valence-corrected chi connectivity index (χ3v) is 9.83. The van der Waals surface area contributed by atoms with Crippen LogP contribution >= 0.6 is 8.60 Å². The minimum Gasteiger partial charge on any atom is -0.481 e. The molecule has 8 atom stereocenters. The molecule has 1 saturated heterocycles. The molecule has 2 aliphatic carbocycles. The molecule has 1 aliphatic heterocycles. The predicted molar refractivity (Wildman–Crippen MR) is 143 cm³/mol. The topological polar surface area (TPSA) is 75.6 Å². The molecular formula is C28H51O7P. The average Bonchev–Trinajstić information content (AvgIpc) is 2.94. The van der Waals surface area contributed by atoms with Crippen LogP contribution in [-0.4, -0.2) is 57.0 Å². The van der Waals surface area contributed by atoms with E-state index in [-0.39, 0.29) is 41.2 Å². The lowest BCUT2D eigenvalue weighted by Crippen LogP contribution is -2.53. The number of aliphatic hydroxyl groups is 1. The first-order valence-corrected chi connectivity index (χ1v) is 14.8. The van der Waals surface area contributed by atoms with Crippen molar-refractivity contribution in [2.45, 2.75) is 104 Å². The highest BCUT2D eigenvalue weighted by atomic mass is 31.2. The van der Waals surface area contributed by atoms with Crippen molar-refractivity contribution >= 4 is 8.60 Å². The van der Waals surface area contributed by atoms with Gasteiger partial charge in [0.1, 0.15) is 0 Å². The van der Waals surface area contributed by atoms with Crippen LogP contribution in [0.15, 0.2) is 12.5 Å². The van der Waals surface area contributed by atoms with Crippen molar-refractivity contribution in [3.63, 3.8) is 0 Å². The monoisotopic (exact) mass is 530 g/mol. The standard InChI is InChI=1S/C28H51O7P/c1-18(29)32-12-10-11-13-33-36-34-25-21(14-19(30-8)16-23(25)27(2,3)4)22-15-20(31-9)17-24(26(22)35-36)28(5,6)7/h19-26,29H,1,10-17H2,2-9H3. The van der Waals surface area contributed by atoms with Gasteiger partial charge in [0, 0.05) is 14.2 Å². The molecule has 3 fully saturated rings. The van der Waals surface area contributed by atoms with Gasteiger partial charge < -0.3 is 32.9 Å². The summed E-state index contributed by atoms with van der Waals surface area (Å²) in [4.78, 5) is 0. The van der Waals surface area contributed by atoms with Crippen LogP contribution in [0.25, 0.3) is 0 Å². The fraction of sp³-hybridized carbons (Fsp3) is 0.929. The van der Waals surface area contributed by atoms with Gasteiger partial charge in [-0.05, 0) is 79.6 Å². The molecule has 8 heteroatoms. The van der Waals surface area contributed by atoms with Gasteiger partial charge in [-0.15, -0.1) is 0 Å². The van der Waals surface area contributed by atoms with Gasteiger partial charge >= 0.3 is 8.60 Å². The summed E-state index contributed by atoms with van der Waals surface area (Å²) in [5.74, 6) is 1.11. The summed E-state index contributed by atoms with van der Waals surface area (Å²) in [6.45, 7) is 18.2. The Labute approximate surface area is 220 Å². The lowest BCUT2D eigenvalue weighted by Gasteiger charge is -2.51. The van der Waals surface area contributed by atoms with E-state index in [2.05, 4.69) is 48.1 Å². The molecule has 7 nitrogen and oxygen atoms in total. The van der Waals surface area contributed by atoms with E-state index in [0.29, 0.717) is 36.9 Å². The van der Waals surface area contributed by atoms with Gasteiger partial charge in [0.25, 0.3) is 5.95 Å². The highest BCUT2D eigenvalue weighted by Gasteiger charge is 2.56. The molecule has 0 spiro atoms. The lowest BCUT2D eigenvalue weighted by molar-refractivity contribution is -0.120. The third-order valence-electron chi connectivity index (χ3n) is 8.60. The zero-order chi connectivity index (χ0) is 26.7. The minimum absolute atomic E-state index is 0.0646. The predicted octanol–water partition coefficient (Wildman–Crippen LogP) is 7.01. The number of methoxy groups -OCH3 is 2. The molecule has 8 unspecified atom stereocenters. The maximum atomic E-state index is 9.12. The molecule has 0 bridgehead atoms. The van der Waals surface area contributed by atoms with Crippen molar-refractivity contribution in [2.24, 2.45) is 34.5 Å². The first-order chi connectivity index (χ1) is 16.8. The summed E-state index contributed by atoms with van der Waals surface area (Å²) in [6, 6.07) is 0. The zero-order valence-electron chi connectivity index (χ0n) is 23.8. The smallest absolute Gasteiger partial charge is 0.333 e. The van der Waals surface area contributed by atoms with Crippen LogP contribution in [0, 0.1) is 34.5 Å². The van der Waals surface area contributed by atoms with E-state index in [1.807, 2.05) is 14.2 Å². The maximum absolute atomic E-state index is 9.12. The SMILES string of the molecule is C=C(O)OCCCCOP1OC2C(CC(OC)CC2C(C)(C)C)C2CC(OC)CC(C(C)(C)C)C2O1. The fourth-order valence-corrected chi connectivity index (χ4v) is 7.99. The summed E-state index contributed by atoms with van der Waals surface area (Å²) in [7, 11) is 2.20. The molecule has 2 saturated carbocycles. The number of ether oxygens (including phenoxy) is 3. The highest BCUT2D eigenvalue weighted by molar-refractivity contribution is 7.41. The van der Waals surface area contributed by atoms with E-state index in [9.17, 15) is 0 Å². The van der Waals surface area contributed by atoms with E-state index in [1.54, 1.807) is 0 Å². The fourth-order valence-electron chi connectivity index (χ4n) is 6.53. The third kappa shape index (κ3) is 7.57. The Morgan fingerprint density at radius 3 is 1.64 bits per heavy atom. The molecule has 0 aromatic rings. The van der Waals surface area contributed by atoms with Crippen molar-refractivity contribution in [3.8, 4) is 0 Å². The second-order valence-corrected chi connectivity index (χ2v) is 14.2. The Balaban J connectivity index is 1.87. The van der Waals surface area contributed by atoms with Gasteiger partial charge in [0.2, 0.25) is 0 Å². The number of fused-ring (bicyclic) bond motifs is 3. The Bertz CT molecular complexity index is 657. The highest BCUT2D eigenvalue weighted by Crippen LogP contribution is 2.60. The zero-order valence-corrected chi connectivity index (χ0v) is 24.7. The second-order valence-electron chi connectivity index (χ2n) is 13.1. The number of rotatable bonds is 9. The molecule has 1 heterocycles. The Hall–Kier alpha value is -0.430. The number of unbranched alkanes of at least 4 members (excludes halogenated alkanes) is 1. The molecule has 0 aromatic heterocycles. The van der Waals surface area contributed by atoms with E-state index in [4.69, 9.17) is 32.9 Å². The number of aliphatic hydroxyl groups excluding tert-OH is 1. The molecule has 0 radical (unpaired) electrons. The van der Waals surface area contributed by atoms with Crippen LogP contribution in [0.5, 0.6) is 0 Å². The van der Waals surface area contributed by atoms with Crippen molar-refractivity contribution in [2.75, 3.05) is 27.4 Å². The van der Waals surface area contributed by atoms with Gasteiger partial charge in [-0.2, -0.15) is 0 Å². The van der Waals surface area contributed by atoms with Crippen LogP contribution in [0.1, 0.15) is 80.1 Å². The maximum Gasteiger partial charge on any atom is 0.333 e. The first-order valence-electron chi connectivity index (χ1n) is 13.7. The lowest BCUT2D eigenvalue weighted by atomic mass is 9.57. The van der Waals surface area contributed by atoms with E-state index in [0.717, 1.165) is 38.5 Å². The van der Waals surface area contributed by atoms with Crippen LogP contribution in [0.3, 0.4) is 0 Å². The second kappa shape index (κ2) is 12.6. The molecule has 3 aliphatic rings. The number of hydrogen-bond acceptors (Lipinski definition) is 7. The van der Waals surface area contributed by atoms with Crippen LogP contribution in [0.2, 0.25) is 0 Å². The van der Waals surface area contributed by atoms with Gasteiger partial charge in [-0.1, -0.05) is 41.5 Å². The Morgan fingerprint density at radius 1 is 0.806 bits per heavy atom. The molecule has 1 N–H and O–H groups in total. The summed E-state index contributed by atoms with van der Waals surface area (Å²) < 4.78 is 37.1. The normalized spacial score (nSPS) is 37.5. The van der Waals surface area contributed by atoms with Crippen LogP contribution in [-0.2, 0) is 27.8 Å². The van der Waals surface area contributed by atoms with Crippen molar-refractivity contribution < 1.29 is 32.9 Å². The Morgan fingerprint density at radius 2 is 1.25 bits per heavy atom. The molecule has 0 aromatic carbocycles. The molecular weight excluding hydrogens is 479 g/mol. The quantitative estimate of drug-likeness (QED) is 0.195. The molecule has 36 heavy (non-hydrogen) atoms. The summed E-state index contributed by atoms with van der Waals surface area (Å²) in [5.41, 5.74) is 0.146. The van der Waals surface area contributed by atoms with Gasteiger partial charge in [-0.25, -0.2) is 0 Å². The van der Waals surface area contributed by atoms with Gasteiger partial charge in [0.05, 0.1) is 37.6 Å². The molecule has 3 rings (SSSR count). The van der Waals surface area contributed by atoms with Crippen molar-refractivity contribution in [1.29, 1.82) is 0 Å². The Kier molecular flexibility index (Phi) is 10.6. The van der Waals surface area contributed by atoms with E-state index >= 15 is 0 Å². The first kappa shape index (κ1) is 30.1. The average molecular weight is 531 g/mol. The summed E-state index contributed by atoms with van der Waals surface area (Å²) in [5, 5.41) is 9.12. The van der Waals surface area contributed by atoms with Crippen LogP contribution in [0.4, 0.5) is 0 Å². The summed E-state index contributed by atoms with van der Waals surface area (Å²) >= 11 is 0. The molecule has 210 valence electrons. The number of hydrogen-bond donors (Lipinski definition) is 1. The van der Waals surface area contributed by atoms with Crippen molar-refractivity contribution in [1.82, 2.24) is 0 Å². The summed E-state index contributed by atoms with van der Waals surface area (Å²) in [6.07, 6.45) is 6.08. The van der Waals surface area contributed by atoms with Gasteiger partial charge in [0.15, 0.2) is 0 Å². The molecule has 0 amide bonds. The largest absolute Gasteiger partial charge is 0.481 e. The minimum atomic E-state index is -1.49. The van der Waals surface area contributed by atoms with E-state index < -0.39 is 8.60 Å². The van der Waals surface area contributed by atoms with Gasteiger partial charge in [-0.3, -0.25) is 0 Å².